The van der Waals surface area contributed by atoms with Crippen molar-refractivity contribution in [2.45, 2.75) is 19.4 Å². The maximum Gasteiger partial charge on any atom is 0.123 e. The third-order valence-corrected chi connectivity index (χ3v) is 1.68. The van der Waals surface area contributed by atoms with Gasteiger partial charge in [0.15, 0.2) is 0 Å². The van der Waals surface area contributed by atoms with Crippen molar-refractivity contribution in [1.29, 1.82) is 0 Å². The van der Waals surface area contributed by atoms with E-state index in [1.54, 1.807) is 26.0 Å². The molecule has 0 heterocycles. The smallest absolute Gasteiger partial charge is 0.123 e. The summed E-state index contributed by atoms with van der Waals surface area (Å²) < 4.78 is 0. The molecule has 0 amide bonds. The van der Waals surface area contributed by atoms with Crippen LogP contribution in [-0.2, 0) is 0 Å². The van der Waals surface area contributed by atoms with Crippen LogP contribution < -0.4 is 0 Å². The maximum absolute atomic E-state index is 9.41. The number of phenols is 2. The third-order valence-electron chi connectivity index (χ3n) is 1.68. The van der Waals surface area contributed by atoms with Gasteiger partial charge in [0.1, 0.15) is 11.5 Å². The summed E-state index contributed by atoms with van der Waals surface area (Å²) in [6.07, 6.45) is 3.11. The summed E-state index contributed by atoms with van der Waals surface area (Å²) in [6, 6.07) is 4.23. The van der Waals surface area contributed by atoms with Crippen molar-refractivity contribution in [2.24, 2.45) is 0 Å². The lowest BCUT2D eigenvalue weighted by Gasteiger charge is -2.10. The molecule has 0 aliphatic rings. The van der Waals surface area contributed by atoms with Crippen LogP contribution in [0.3, 0.4) is 0 Å². The molecule has 0 fully saturated rings. The highest BCUT2D eigenvalue weighted by molar-refractivity contribution is 5.59. The van der Waals surface area contributed by atoms with Crippen molar-refractivity contribution in [1.82, 2.24) is 0 Å². The van der Waals surface area contributed by atoms with Crippen LogP contribution in [0, 0.1) is 0 Å². The summed E-state index contributed by atoms with van der Waals surface area (Å²) in [5, 5.41) is 28.0. The fourth-order valence-corrected chi connectivity index (χ4v) is 0.969. The number of hydrogen-bond donors (Lipinski definition) is 3. The summed E-state index contributed by atoms with van der Waals surface area (Å²) in [5.41, 5.74) is -0.454. The lowest BCUT2D eigenvalue weighted by molar-refractivity contribution is 0.134. The zero-order chi connectivity index (χ0) is 10.8. The minimum atomic E-state index is -0.933. The molecular formula is C11H14O3. The van der Waals surface area contributed by atoms with Gasteiger partial charge in [-0.1, -0.05) is 12.2 Å². The van der Waals surface area contributed by atoms with Crippen molar-refractivity contribution in [3.05, 3.63) is 29.8 Å². The third kappa shape index (κ3) is 3.11. The molecule has 14 heavy (non-hydrogen) atoms. The van der Waals surface area contributed by atoms with E-state index >= 15 is 0 Å². The van der Waals surface area contributed by atoms with E-state index in [1.807, 2.05) is 0 Å². The van der Waals surface area contributed by atoms with Gasteiger partial charge in [0.05, 0.1) is 5.60 Å². The topological polar surface area (TPSA) is 60.7 Å². The zero-order valence-corrected chi connectivity index (χ0v) is 8.23. The molecule has 0 saturated heterocycles. The van der Waals surface area contributed by atoms with E-state index in [1.165, 1.54) is 18.2 Å². The predicted octanol–water partition coefficient (Wildman–Crippen LogP) is 1.88. The average Bonchev–Trinajstić information content (AvgIpc) is 2.05. The van der Waals surface area contributed by atoms with Crippen LogP contribution in [0.1, 0.15) is 19.4 Å². The number of rotatable bonds is 2. The zero-order valence-electron chi connectivity index (χ0n) is 8.23. The van der Waals surface area contributed by atoms with E-state index in [9.17, 15) is 10.2 Å². The normalized spacial score (nSPS) is 12.2. The lowest BCUT2D eigenvalue weighted by atomic mass is 10.1. The molecule has 0 aliphatic carbocycles. The van der Waals surface area contributed by atoms with Crippen LogP contribution in [0.2, 0.25) is 0 Å². The molecule has 0 aromatic heterocycles. The van der Waals surface area contributed by atoms with E-state index in [4.69, 9.17) is 5.11 Å². The second-order valence-electron chi connectivity index (χ2n) is 3.73. The molecule has 0 aliphatic heterocycles. The Morgan fingerprint density at radius 1 is 1.21 bits per heavy atom. The van der Waals surface area contributed by atoms with Gasteiger partial charge in [0, 0.05) is 5.56 Å². The molecular weight excluding hydrogens is 180 g/mol. The number of aliphatic hydroxyl groups is 1. The van der Waals surface area contributed by atoms with Gasteiger partial charge in [-0.3, -0.25) is 0 Å². The van der Waals surface area contributed by atoms with Gasteiger partial charge in [-0.25, -0.2) is 0 Å². The minimum Gasteiger partial charge on any atom is -0.508 e. The lowest BCUT2D eigenvalue weighted by Crippen LogP contribution is -2.13. The highest BCUT2D eigenvalue weighted by atomic mass is 16.3. The van der Waals surface area contributed by atoms with Crippen molar-refractivity contribution in [3.63, 3.8) is 0 Å². The Balaban J connectivity index is 2.97. The Hall–Kier alpha value is -1.48. The molecule has 1 aromatic carbocycles. The second-order valence-corrected chi connectivity index (χ2v) is 3.73. The molecule has 0 saturated carbocycles. The molecule has 0 bridgehead atoms. The highest BCUT2D eigenvalue weighted by Gasteiger charge is 2.07. The van der Waals surface area contributed by atoms with Crippen LogP contribution in [0.4, 0.5) is 0 Å². The first kappa shape index (κ1) is 10.6. The van der Waals surface area contributed by atoms with Gasteiger partial charge in [-0.15, -0.1) is 0 Å². The SMILES string of the molecule is CC(C)(O)C=Cc1cc(O)ccc1O. The van der Waals surface area contributed by atoms with Crippen LogP contribution in [0.15, 0.2) is 24.3 Å². The number of aromatic hydroxyl groups is 2. The van der Waals surface area contributed by atoms with E-state index in [0.29, 0.717) is 5.56 Å². The second kappa shape index (κ2) is 3.72. The summed E-state index contributed by atoms with van der Waals surface area (Å²) in [7, 11) is 0. The Morgan fingerprint density at radius 3 is 2.43 bits per heavy atom. The van der Waals surface area contributed by atoms with E-state index in [-0.39, 0.29) is 11.5 Å². The molecule has 1 aromatic rings. The quantitative estimate of drug-likeness (QED) is 0.630. The molecule has 0 radical (unpaired) electrons. The minimum absolute atomic E-state index is 0.0725. The molecule has 3 N–H and O–H groups in total. The van der Waals surface area contributed by atoms with Crippen LogP contribution in [0.25, 0.3) is 6.08 Å². The number of phenolic OH excluding ortho intramolecular Hbond substituents is 2. The highest BCUT2D eigenvalue weighted by Crippen LogP contribution is 2.24. The number of hydrogen-bond acceptors (Lipinski definition) is 3. The van der Waals surface area contributed by atoms with Gasteiger partial charge < -0.3 is 15.3 Å². The largest absolute Gasteiger partial charge is 0.508 e. The predicted molar refractivity (Wildman–Crippen MR) is 55.1 cm³/mol. The Morgan fingerprint density at radius 2 is 1.86 bits per heavy atom. The first-order valence-electron chi connectivity index (χ1n) is 4.32. The van der Waals surface area contributed by atoms with Crippen LogP contribution >= 0.6 is 0 Å². The molecule has 1 rings (SSSR count). The fourth-order valence-electron chi connectivity index (χ4n) is 0.969. The maximum atomic E-state index is 9.41. The summed E-state index contributed by atoms with van der Waals surface area (Å²) >= 11 is 0. The Bertz CT molecular complexity index is 348. The first-order valence-corrected chi connectivity index (χ1v) is 4.32. The van der Waals surface area contributed by atoms with Gasteiger partial charge in [0.25, 0.3) is 0 Å². The van der Waals surface area contributed by atoms with Gasteiger partial charge in [0.2, 0.25) is 0 Å². The molecule has 0 unspecified atom stereocenters. The molecule has 76 valence electrons. The average molecular weight is 194 g/mol. The van der Waals surface area contributed by atoms with Crippen molar-refractivity contribution in [2.75, 3.05) is 0 Å². The van der Waals surface area contributed by atoms with Crippen molar-refractivity contribution in [3.8, 4) is 11.5 Å². The summed E-state index contributed by atoms with van der Waals surface area (Å²) in [4.78, 5) is 0. The standard InChI is InChI=1S/C11H14O3/c1-11(2,14)6-5-8-7-9(12)3-4-10(8)13/h3-7,12-14H,1-2H3. The first-order chi connectivity index (χ1) is 6.38. The van der Waals surface area contributed by atoms with E-state index in [2.05, 4.69) is 0 Å². The molecule has 0 atom stereocenters. The molecule has 3 heteroatoms. The van der Waals surface area contributed by atoms with Gasteiger partial charge in [-0.05, 0) is 32.0 Å². The van der Waals surface area contributed by atoms with Gasteiger partial charge in [-0.2, -0.15) is 0 Å². The van der Waals surface area contributed by atoms with E-state index < -0.39 is 5.60 Å². The van der Waals surface area contributed by atoms with Crippen molar-refractivity contribution >= 4 is 6.08 Å². The fraction of sp³-hybridized carbons (Fsp3) is 0.273. The Kier molecular flexibility index (Phi) is 2.81. The van der Waals surface area contributed by atoms with Crippen molar-refractivity contribution < 1.29 is 15.3 Å². The number of benzene rings is 1. The van der Waals surface area contributed by atoms with Gasteiger partial charge >= 0.3 is 0 Å². The van der Waals surface area contributed by atoms with Crippen LogP contribution in [-0.4, -0.2) is 20.9 Å². The molecule has 3 nitrogen and oxygen atoms in total. The molecule has 0 spiro atoms. The monoisotopic (exact) mass is 194 g/mol. The summed E-state index contributed by atoms with van der Waals surface area (Å²) in [6.45, 7) is 3.26. The van der Waals surface area contributed by atoms with E-state index in [0.717, 1.165) is 0 Å². The summed E-state index contributed by atoms with van der Waals surface area (Å²) in [5.74, 6) is 0.154. The Labute approximate surface area is 82.9 Å². The van der Waals surface area contributed by atoms with Crippen LogP contribution in [0.5, 0.6) is 11.5 Å².